The molecule has 0 radical (unpaired) electrons. The van der Waals surface area contributed by atoms with Gasteiger partial charge in [-0.25, -0.2) is 9.07 Å². The van der Waals surface area contributed by atoms with E-state index >= 15 is 0 Å². The summed E-state index contributed by atoms with van der Waals surface area (Å²) in [7, 11) is 0. The number of aromatic nitrogens is 2. The number of nitrogens with zero attached hydrogens (tertiary/aromatic N) is 3. The summed E-state index contributed by atoms with van der Waals surface area (Å²) in [4.78, 5) is 2.34. The van der Waals surface area contributed by atoms with E-state index in [9.17, 15) is 4.39 Å². The maximum atomic E-state index is 13.4. The first-order valence-corrected chi connectivity index (χ1v) is 7.39. The fourth-order valence-corrected chi connectivity index (χ4v) is 3.07. The molecular formula is C16H21FN4. The molecule has 1 aliphatic rings. The Kier molecular flexibility index (Phi) is 3.68. The molecule has 1 fully saturated rings. The van der Waals surface area contributed by atoms with Gasteiger partial charge in [-0.1, -0.05) is 6.07 Å². The van der Waals surface area contributed by atoms with Crippen LogP contribution in [0.5, 0.6) is 0 Å². The molecule has 0 spiro atoms. The van der Waals surface area contributed by atoms with Crippen LogP contribution in [0, 0.1) is 19.7 Å². The second-order valence-electron chi connectivity index (χ2n) is 5.74. The third-order valence-corrected chi connectivity index (χ3v) is 4.16. The average molecular weight is 288 g/mol. The van der Waals surface area contributed by atoms with E-state index in [-0.39, 0.29) is 5.82 Å². The zero-order valence-electron chi connectivity index (χ0n) is 12.5. The van der Waals surface area contributed by atoms with Crippen molar-refractivity contribution in [2.24, 2.45) is 5.73 Å². The molecule has 0 unspecified atom stereocenters. The van der Waals surface area contributed by atoms with Crippen LogP contribution in [-0.4, -0.2) is 28.9 Å². The Hall–Kier alpha value is -1.88. The van der Waals surface area contributed by atoms with Gasteiger partial charge < -0.3 is 10.6 Å². The summed E-state index contributed by atoms with van der Waals surface area (Å²) in [6, 6.07) is 6.84. The van der Waals surface area contributed by atoms with Gasteiger partial charge in [0, 0.05) is 19.1 Å². The highest BCUT2D eigenvalue weighted by Crippen LogP contribution is 2.29. The van der Waals surface area contributed by atoms with Crippen molar-refractivity contribution in [2.75, 3.05) is 18.0 Å². The van der Waals surface area contributed by atoms with E-state index in [0.717, 1.165) is 48.7 Å². The van der Waals surface area contributed by atoms with Gasteiger partial charge in [0.25, 0.3) is 0 Å². The van der Waals surface area contributed by atoms with Gasteiger partial charge in [-0.3, -0.25) is 0 Å². The minimum atomic E-state index is -0.245. The van der Waals surface area contributed by atoms with Gasteiger partial charge in [0.2, 0.25) is 0 Å². The lowest BCUT2D eigenvalue weighted by Gasteiger charge is -2.32. The molecule has 21 heavy (non-hydrogen) atoms. The Morgan fingerprint density at radius 2 is 1.95 bits per heavy atom. The van der Waals surface area contributed by atoms with Crippen molar-refractivity contribution in [3.63, 3.8) is 0 Å². The zero-order chi connectivity index (χ0) is 15.0. The normalized spacial score (nSPS) is 16.5. The Labute approximate surface area is 124 Å². The highest BCUT2D eigenvalue weighted by Gasteiger charge is 2.22. The summed E-state index contributed by atoms with van der Waals surface area (Å²) >= 11 is 0. The average Bonchev–Trinajstić information content (AvgIpc) is 2.75. The number of rotatable bonds is 2. The number of piperidine rings is 1. The number of anilines is 1. The van der Waals surface area contributed by atoms with Crippen molar-refractivity contribution in [3.8, 4) is 5.69 Å². The van der Waals surface area contributed by atoms with Crippen LogP contribution in [0.3, 0.4) is 0 Å². The Balaban J connectivity index is 1.97. The molecule has 2 heterocycles. The SMILES string of the molecule is Cc1nn(-c2cccc(F)c2)c(C)c1N1CCC(N)CC1. The summed E-state index contributed by atoms with van der Waals surface area (Å²) in [6.07, 6.45) is 2.01. The van der Waals surface area contributed by atoms with Crippen molar-refractivity contribution in [3.05, 3.63) is 41.5 Å². The predicted molar refractivity (Wildman–Crippen MR) is 82.4 cm³/mol. The second-order valence-corrected chi connectivity index (χ2v) is 5.74. The molecule has 1 saturated heterocycles. The first-order chi connectivity index (χ1) is 10.1. The first kappa shape index (κ1) is 14.1. The first-order valence-electron chi connectivity index (χ1n) is 7.39. The van der Waals surface area contributed by atoms with Gasteiger partial charge in [0.05, 0.1) is 22.8 Å². The van der Waals surface area contributed by atoms with Crippen LogP contribution in [0.1, 0.15) is 24.2 Å². The van der Waals surface area contributed by atoms with Crippen LogP contribution < -0.4 is 10.6 Å². The van der Waals surface area contributed by atoms with Crippen molar-refractivity contribution in [1.82, 2.24) is 9.78 Å². The molecule has 1 aromatic heterocycles. The Morgan fingerprint density at radius 3 is 2.62 bits per heavy atom. The van der Waals surface area contributed by atoms with Crippen LogP contribution in [0.2, 0.25) is 0 Å². The highest BCUT2D eigenvalue weighted by molar-refractivity contribution is 5.57. The van der Waals surface area contributed by atoms with Crippen molar-refractivity contribution >= 4 is 5.69 Å². The summed E-state index contributed by atoms with van der Waals surface area (Å²) in [5.74, 6) is -0.245. The van der Waals surface area contributed by atoms with Crippen LogP contribution in [0.25, 0.3) is 5.69 Å². The van der Waals surface area contributed by atoms with Crippen LogP contribution >= 0.6 is 0 Å². The molecule has 3 rings (SSSR count). The van der Waals surface area contributed by atoms with Crippen molar-refractivity contribution in [1.29, 1.82) is 0 Å². The largest absolute Gasteiger partial charge is 0.368 e. The Bertz CT molecular complexity index is 642. The maximum absolute atomic E-state index is 13.4. The minimum Gasteiger partial charge on any atom is -0.368 e. The lowest BCUT2D eigenvalue weighted by Crippen LogP contribution is -2.40. The molecule has 0 amide bonds. The summed E-state index contributed by atoms with van der Waals surface area (Å²) < 4.78 is 15.2. The third kappa shape index (κ3) is 2.65. The molecule has 4 nitrogen and oxygen atoms in total. The van der Waals surface area contributed by atoms with E-state index in [1.807, 2.05) is 24.6 Å². The van der Waals surface area contributed by atoms with Gasteiger partial charge in [0.1, 0.15) is 5.82 Å². The van der Waals surface area contributed by atoms with Crippen molar-refractivity contribution < 1.29 is 4.39 Å². The number of benzene rings is 1. The summed E-state index contributed by atoms with van der Waals surface area (Å²) in [6.45, 7) is 5.96. The van der Waals surface area contributed by atoms with Gasteiger partial charge in [-0.2, -0.15) is 5.10 Å². The van der Waals surface area contributed by atoms with E-state index in [1.54, 1.807) is 6.07 Å². The van der Waals surface area contributed by atoms with E-state index in [2.05, 4.69) is 10.00 Å². The number of halogens is 1. The van der Waals surface area contributed by atoms with Gasteiger partial charge in [0.15, 0.2) is 0 Å². The quantitative estimate of drug-likeness (QED) is 0.924. The van der Waals surface area contributed by atoms with E-state index in [0.29, 0.717) is 6.04 Å². The minimum absolute atomic E-state index is 0.245. The van der Waals surface area contributed by atoms with Crippen LogP contribution in [-0.2, 0) is 0 Å². The number of nitrogens with two attached hydrogens (primary N) is 1. The summed E-state index contributed by atoms with van der Waals surface area (Å²) in [5.41, 5.74) is 9.92. The lowest BCUT2D eigenvalue weighted by atomic mass is 10.1. The molecule has 1 aromatic carbocycles. The molecular weight excluding hydrogens is 267 g/mol. The molecule has 0 saturated carbocycles. The summed E-state index contributed by atoms with van der Waals surface area (Å²) in [5, 5.41) is 4.59. The molecule has 1 aliphatic heterocycles. The van der Waals surface area contributed by atoms with Crippen molar-refractivity contribution in [2.45, 2.75) is 32.7 Å². The van der Waals surface area contributed by atoms with Crippen LogP contribution in [0.4, 0.5) is 10.1 Å². The molecule has 2 N–H and O–H groups in total. The molecule has 5 heteroatoms. The monoisotopic (exact) mass is 288 g/mol. The van der Waals surface area contributed by atoms with E-state index in [4.69, 9.17) is 5.73 Å². The van der Waals surface area contributed by atoms with Crippen LogP contribution in [0.15, 0.2) is 24.3 Å². The maximum Gasteiger partial charge on any atom is 0.125 e. The second kappa shape index (κ2) is 5.48. The fourth-order valence-electron chi connectivity index (χ4n) is 3.07. The fraction of sp³-hybridized carbons (Fsp3) is 0.438. The molecule has 0 atom stereocenters. The molecule has 0 bridgehead atoms. The molecule has 0 aliphatic carbocycles. The molecule has 112 valence electrons. The third-order valence-electron chi connectivity index (χ3n) is 4.16. The van der Waals surface area contributed by atoms with Gasteiger partial charge >= 0.3 is 0 Å². The predicted octanol–water partition coefficient (Wildman–Crippen LogP) is 2.56. The number of aryl methyl sites for hydroxylation is 1. The Morgan fingerprint density at radius 1 is 1.24 bits per heavy atom. The topological polar surface area (TPSA) is 47.1 Å². The number of hydrogen-bond donors (Lipinski definition) is 1. The standard InChI is InChI=1S/C16H21FN4/c1-11-16(20-8-6-14(18)7-9-20)12(2)21(19-11)15-5-3-4-13(17)10-15/h3-5,10,14H,6-9,18H2,1-2H3. The smallest absolute Gasteiger partial charge is 0.125 e. The number of hydrogen-bond acceptors (Lipinski definition) is 3. The lowest BCUT2D eigenvalue weighted by molar-refractivity contribution is 0.500. The van der Waals surface area contributed by atoms with Gasteiger partial charge in [-0.15, -0.1) is 0 Å². The van der Waals surface area contributed by atoms with Gasteiger partial charge in [-0.05, 0) is 44.9 Å². The highest BCUT2D eigenvalue weighted by atomic mass is 19.1. The zero-order valence-corrected chi connectivity index (χ0v) is 12.5. The van der Waals surface area contributed by atoms with E-state index < -0.39 is 0 Å². The molecule has 2 aromatic rings. The van der Waals surface area contributed by atoms with E-state index in [1.165, 1.54) is 12.1 Å².